The highest BCUT2D eigenvalue weighted by Gasteiger charge is 2.59. The highest BCUT2D eigenvalue weighted by Crippen LogP contribution is 2.43. The van der Waals surface area contributed by atoms with E-state index in [-0.39, 0.29) is 31.3 Å². The van der Waals surface area contributed by atoms with Crippen molar-refractivity contribution in [2.75, 3.05) is 19.8 Å². The summed E-state index contributed by atoms with van der Waals surface area (Å²) in [5, 5.41) is 2.56. The van der Waals surface area contributed by atoms with Crippen LogP contribution < -0.4 is 10.1 Å². The zero-order valence-electron chi connectivity index (χ0n) is 22.8. The van der Waals surface area contributed by atoms with Crippen LogP contribution in [0.4, 0.5) is 0 Å². The van der Waals surface area contributed by atoms with Crippen molar-refractivity contribution in [1.29, 1.82) is 0 Å². The SMILES string of the molecule is CCOC(=O)CNC(=O)c1ccc(-c2ccccc2O[C@H]2O[C@@H]3COC(C)(C)O[C@H]3[C@@H]3OC(C)(C)O[C@H]23)cc1. The van der Waals surface area contributed by atoms with Crippen molar-refractivity contribution >= 4 is 11.9 Å². The highest BCUT2D eigenvalue weighted by atomic mass is 16.8. The molecule has 3 fully saturated rings. The number of carbonyl (C=O) groups is 2. The Bertz CT molecular complexity index is 1200. The second-order valence-electron chi connectivity index (χ2n) is 10.6. The minimum absolute atomic E-state index is 0.188. The van der Waals surface area contributed by atoms with E-state index in [4.69, 9.17) is 33.2 Å². The lowest BCUT2D eigenvalue weighted by atomic mass is 9.97. The largest absolute Gasteiger partial charge is 0.465 e. The van der Waals surface area contributed by atoms with Crippen LogP contribution in [0.2, 0.25) is 0 Å². The summed E-state index contributed by atoms with van der Waals surface area (Å²) in [6.45, 7) is 9.58. The van der Waals surface area contributed by atoms with Gasteiger partial charge in [0, 0.05) is 11.1 Å². The van der Waals surface area contributed by atoms with Crippen LogP contribution in [-0.4, -0.2) is 73.9 Å². The lowest BCUT2D eigenvalue weighted by Crippen LogP contribution is -2.64. The van der Waals surface area contributed by atoms with Gasteiger partial charge in [-0.25, -0.2) is 0 Å². The molecule has 0 aromatic heterocycles. The van der Waals surface area contributed by atoms with Crippen LogP contribution in [0, 0.1) is 0 Å². The van der Waals surface area contributed by atoms with Gasteiger partial charge in [-0.15, -0.1) is 0 Å². The molecular weight excluding hydrogens is 506 g/mol. The minimum Gasteiger partial charge on any atom is -0.465 e. The molecule has 5 rings (SSSR count). The van der Waals surface area contributed by atoms with Crippen LogP contribution in [0.1, 0.15) is 45.0 Å². The van der Waals surface area contributed by atoms with Crippen LogP contribution in [0.15, 0.2) is 48.5 Å². The number of hydrogen-bond acceptors (Lipinski definition) is 9. The predicted molar refractivity (Wildman–Crippen MR) is 139 cm³/mol. The van der Waals surface area contributed by atoms with Gasteiger partial charge in [0.05, 0.1) is 13.2 Å². The van der Waals surface area contributed by atoms with Gasteiger partial charge in [0.2, 0.25) is 6.29 Å². The number of para-hydroxylation sites is 1. The fraction of sp³-hybridized carbons (Fsp3) is 0.517. The normalized spacial score (nSPS) is 28.6. The fourth-order valence-electron chi connectivity index (χ4n) is 5.04. The van der Waals surface area contributed by atoms with Gasteiger partial charge in [0.1, 0.15) is 30.6 Å². The van der Waals surface area contributed by atoms with Crippen LogP contribution in [0.5, 0.6) is 5.75 Å². The molecule has 210 valence electrons. The molecule has 0 saturated carbocycles. The van der Waals surface area contributed by atoms with Crippen LogP contribution in [-0.2, 0) is 33.2 Å². The van der Waals surface area contributed by atoms with E-state index in [1.165, 1.54) is 0 Å². The first-order valence-corrected chi connectivity index (χ1v) is 13.2. The average Bonchev–Trinajstić information content (AvgIpc) is 3.24. The molecule has 3 saturated heterocycles. The average molecular weight is 542 g/mol. The van der Waals surface area contributed by atoms with Crippen LogP contribution in [0.25, 0.3) is 11.1 Å². The number of amides is 1. The topological polar surface area (TPSA) is 111 Å². The Balaban J connectivity index is 1.33. The zero-order chi connectivity index (χ0) is 27.8. The summed E-state index contributed by atoms with van der Waals surface area (Å²) >= 11 is 0. The first kappa shape index (κ1) is 27.5. The second-order valence-corrected chi connectivity index (χ2v) is 10.6. The van der Waals surface area contributed by atoms with E-state index in [1.54, 1.807) is 19.1 Å². The Morgan fingerprint density at radius 1 is 0.923 bits per heavy atom. The molecule has 10 nitrogen and oxygen atoms in total. The third-order valence-corrected chi connectivity index (χ3v) is 6.73. The predicted octanol–water partition coefficient (Wildman–Crippen LogP) is 3.42. The Morgan fingerprint density at radius 2 is 1.62 bits per heavy atom. The zero-order valence-corrected chi connectivity index (χ0v) is 22.8. The van der Waals surface area contributed by atoms with Crippen molar-refractivity contribution in [2.45, 2.75) is 76.9 Å². The lowest BCUT2D eigenvalue weighted by molar-refractivity contribution is -0.362. The number of esters is 1. The third kappa shape index (κ3) is 6.10. The molecule has 5 atom stereocenters. The van der Waals surface area contributed by atoms with Crippen LogP contribution in [0.3, 0.4) is 0 Å². The Hall–Kier alpha value is -3.02. The maximum absolute atomic E-state index is 12.4. The van der Waals surface area contributed by atoms with E-state index < -0.39 is 36.0 Å². The Morgan fingerprint density at radius 3 is 2.36 bits per heavy atom. The number of rotatable bonds is 7. The smallest absolute Gasteiger partial charge is 0.325 e. The van der Waals surface area contributed by atoms with E-state index in [2.05, 4.69) is 5.32 Å². The van der Waals surface area contributed by atoms with E-state index in [1.807, 2.05) is 64.1 Å². The van der Waals surface area contributed by atoms with Gasteiger partial charge in [-0.05, 0) is 58.4 Å². The number of ether oxygens (including phenoxy) is 7. The quantitative estimate of drug-likeness (QED) is 0.527. The van der Waals surface area contributed by atoms with E-state index in [0.29, 0.717) is 17.9 Å². The van der Waals surface area contributed by atoms with Gasteiger partial charge in [0.25, 0.3) is 5.91 Å². The molecule has 3 aliphatic heterocycles. The van der Waals surface area contributed by atoms with Gasteiger partial charge in [-0.2, -0.15) is 0 Å². The molecule has 0 spiro atoms. The summed E-state index contributed by atoms with van der Waals surface area (Å²) in [6, 6.07) is 14.6. The van der Waals surface area contributed by atoms with Crippen molar-refractivity contribution in [1.82, 2.24) is 5.32 Å². The van der Waals surface area contributed by atoms with E-state index in [9.17, 15) is 9.59 Å². The van der Waals surface area contributed by atoms with Gasteiger partial charge in [0.15, 0.2) is 17.7 Å². The van der Waals surface area contributed by atoms with Gasteiger partial charge >= 0.3 is 5.97 Å². The van der Waals surface area contributed by atoms with E-state index >= 15 is 0 Å². The summed E-state index contributed by atoms with van der Waals surface area (Å²) in [7, 11) is 0. The Labute approximate surface area is 227 Å². The molecule has 3 heterocycles. The maximum Gasteiger partial charge on any atom is 0.325 e. The molecular formula is C29H35NO9. The van der Waals surface area contributed by atoms with Crippen molar-refractivity contribution in [3.8, 4) is 16.9 Å². The molecule has 10 heteroatoms. The number of nitrogens with one attached hydrogen (secondary N) is 1. The molecule has 1 amide bonds. The first-order valence-electron chi connectivity index (χ1n) is 13.2. The standard InChI is InChI=1S/C29H35NO9/c1-6-33-22(31)15-30-26(32)18-13-11-17(12-14-18)19-9-7-8-10-20(19)35-27-25-24(38-29(4,5)39-25)23-21(36-27)16-34-28(2,3)37-23/h7-14,21,23-25,27H,6,15-16H2,1-5H3,(H,30,32)/t21-,23-,24+,25+,27+/m1/s1. The highest BCUT2D eigenvalue weighted by molar-refractivity contribution is 5.96. The summed E-state index contributed by atoms with van der Waals surface area (Å²) in [6.07, 6.45) is -2.43. The van der Waals surface area contributed by atoms with Crippen molar-refractivity contribution in [2.24, 2.45) is 0 Å². The molecule has 39 heavy (non-hydrogen) atoms. The van der Waals surface area contributed by atoms with Gasteiger partial charge < -0.3 is 38.5 Å². The molecule has 0 bridgehead atoms. The third-order valence-electron chi connectivity index (χ3n) is 6.73. The van der Waals surface area contributed by atoms with Crippen molar-refractivity contribution < 1.29 is 42.7 Å². The summed E-state index contributed by atoms with van der Waals surface area (Å²) in [5.74, 6) is -1.85. The molecule has 3 aliphatic rings. The minimum atomic E-state index is -0.829. The maximum atomic E-state index is 12.4. The first-order chi connectivity index (χ1) is 18.5. The molecule has 0 radical (unpaired) electrons. The number of hydrogen-bond donors (Lipinski definition) is 1. The number of carbonyl (C=O) groups excluding carboxylic acids is 2. The fourth-order valence-corrected chi connectivity index (χ4v) is 5.04. The van der Waals surface area contributed by atoms with Gasteiger partial charge in [-0.3, -0.25) is 9.59 Å². The van der Waals surface area contributed by atoms with Gasteiger partial charge in [-0.1, -0.05) is 30.3 Å². The second kappa shape index (κ2) is 10.9. The molecule has 1 N–H and O–H groups in total. The number of benzene rings is 2. The molecule has 2 aromatic carbocycles. The number of fused-ring (bicyclic) bond motifs is 3. The van der Waals surface area contributed by atoms with Crippen molar-refractivity contribution in [3.63, 3.8) is 0 Å². The summed E-state index contributed by atoms with van der Waals surface area (Å²) in [5.41, 5.74) is 2.08. The molecule has 0 aliphatic carbocycles. The van der Waals surface area contributed by atoms with Crippen LogP contribution >= 0.6 is 0 Å². The molecule has 0 unspecified atom stereocenters. The molecule has 2 aromatic rings. The summed E-state index contributed by atoms with van der Waals surface area (Å²) < 4.78 is 42.1. The summed E-state index contributed by atoms with van der Waals surface area (Å²) in [4.78, 5) is 24.0. The Kier molecular flexibility index (Phi) is 7.67. The van der Waals surface area contributed by atoms with Crippen molar-refractivity contribution in [3.05, 3.63) is 54.1 Å². The lowest BCUT2D eigenvalue weighted by Gasteiger charge is -2.48. The van der Waals surface area contributed by atoms with E-state index in [0.717, 1.165) is 11.1 Å². The monoisotopic (exact) mass is 541 g/mol.